The van der Waals surface area contributed by atoms with Crippen molar-refractivity contribution >= 4 is 21.6 Å². The lowest BCUT2D eigenvalue weighted by molar-refractivity contribution is -0.384. The molecule has 1 atom stereocenters. The number of hydrogen-bond acceptors (Lipinski definition) is 4. The molecule has 21 heavy (non-hydrogen) atoms. The van der Waals surface area contributed by atoms with Crippen LogP contribution in [-0.2, 0) is 6.42 Å². The first kappa shape index (κ1) is 15.5. The molecule has 110 valence electrons. The highest BCUT2D eigenvalue weighted by atomic mass is 79.9. The number of methoxy groups -OCH3 is 1. The van der Waals surface area contributed by atoms with Crippen molar-refractivity contribution < 1.29 is 14.8 Å². The summed E-state index contributed by atoms with van der Waals surface area (Å²) < 4.78 is 5.91. The van der Waals surface area contributed by atoms with E-state index in [1.54, 1.807) is 37.4 Å². The Morgan fingerprint density at radius 3 is 2.48 bits per heavy atom. The van der Waals surface area contributed by atoms with Crippen LogP contribution in [0.3, 0.4) is 0 Å². The van der Waals surface area contributed by atoms with Crippen molar-refractivity contribution in [2.45, 2.75) is 12.5 Å². The molecular weight excluding hydrogens is 338 g/mol. The molecule has 2 aromatic rings. The second-order valence-electron chi connectivity index (χ2n) is 4.54. The van der Waals surface area contributed by atoms with E-state index in [0.717, 1.165) is 15.6 Å². The number of nitro benzene ring substituents is 1. The maximum Gasteiger partial charge on any atom is 0.269 e. The van der Waals surface area contributed by atoms with E-state index in [9.17, 15) is 15.2 Å². The van der Waals surface area contributed by atoms with E-state index in [1.165, 1.54) is 12.1 Å². The first-order valence-electron chi connectivity index (χ1n) is 6.26. The molecular formula is C15H14BrNO4. The molecule has 0 heterocycles. The lowest BCUT2D eigenvalue weighted by Crippen LogP contribution is -2.02. The number of aliphatic hydroxyl groups is 1. The van der Waals surface area contributed by atoms with Gasteiger partial charge in [-0.15, -0.1) is 0 Å². The van der Waals surface area contributed by atoms with Crippen molar-refractivity contribution in [2.24, 2.45) is 0 Å². The minimum absolute atomic E-state index is 0.0421. The van der Waals surface area contributed by atoms with Crippen LogP contribution in [0.15, 0.2) is 46.9 Å². The molecule has 1 N–H and O–H groups in total. The molecule has 1 unspecified atom stereocenters. The van der Waals surface area contributed by atoms with E-state index in [4.69, 9.17) is 4.74 Å². The van der Waals surface area contributed by atoms with Crippen molar-refractivity contribution in [1.29, 1.82) is 0 Å². The summed E-state index contributed by atoms with van der Waals surface area (Å²) in [4.78, 5) is 10.1. The number of ether oxygens (including phenoxy) is 1. The zero-order chi connectivity index (χ0) is 15.4. The predicted octanol–water partition coefficient (Wildman–Crippen LogP) is 3.64. The molecule has 0 spiro atoms. The van der Waals surface area contributed by atoms with Gasteiger partial charge in [-0.1, -0.05) is 18.2 Å². The summed E-state index contributed by atoms with van der Waals surface area (Å²) >= 11 is 3.38. The van der Waals surface area contributed by atoms with Gasteiger partial charge in [-0.05, 0) is 39.2 Å². The second-order valence-corrected chi connectivity index (χ2v) is 5.39. The second kappa shape index (κ2) is 6.69. The van der Waals surface area contributed by atoms with E-state index in [1.807, 2.05) is 0 Å². The van der Waals surface area contributed by atoms with Gasteiger partial charge in [0.15, 0.2) is 0 Å². The highest BCUT2D eigenvalue weighted by molar-refractivity contribution is 9.10. The number of halogens is 1. The summed E-state index contributed by atoms with van der Waals surface area (Å²) in [6.07, 6.45) is -0.301. The van der Waals surface area contributed by atoms with Crippen LogP contribution in [0.1, 0.15) is 17.2 Å². The third kappa shape index (κ3) is 3.80. The third-order valence-corrected chi connectivity index (χ3v) is 3.76. The fraction of sp³-hybridized carbons (Fsp3) is 0.200. The van der Waals surface area contributed by atoms with Crippen LogP contribution in [0.2, 0.25) is 0 Å². The van der Waals surface area contributed by atoms with Gasteiger partial charge in [0.05, 0.1) is 22.6 Å². The van der Waals surface area contributed by atoms with Crippen LogP contribution in [0.4, 0.5) is 5.69 Å². The number of hydrogen-bond donors (Lipinski definition) is 1. The van der Waals surface area contributed by atoms with Gasteiger partial charge in [0.1, 0.15) is 5.75 Å². The van der Waals surface area contributed by atoms with Gasteiger partial charge in [-0.25, -0.2) is 0 Å². The molecule has 2 rings (SSSR count). The summed E-state index contributed by atoms with van der Waals surface area (Å²) in [7, 11) is 1.58. The van der Waals surface area contributed by atoms with Gasteiger partial charge in [-0.3, -0.25) is 10.1 Å². The van der Waals surface area contributed by atoms with Gasteiger partial charge in [0.25, 0.3) is 5.69 Å². The minimum atomic E-state index is -0.686. The first-order chi connectivity index (χ1) is 10.0. The Morgan fingerprint density at radius 1 is 1.29 bits per heavy atom. The number of rotatable bonds is 5. The Bertz CT molecular complexity index is 643. The molecule has 0 aliphatic carbocycles. The molecule has 0 saturated carbocycles. The summed E-state index contributed by atoms with van der Waals surface area (Å²) in [5.41, 5.74) is 1.63. The average molecular weight is 352 g/mol. The minimum Gasteiger partial charge on any atom is -0.496 e. The molecule has 0 aliphatic rings. The van der Waals surface area contributed by atoms with Gasteiger partial charge < -0.3 is 9.84 Å². The molecule has 0 fully saturated rings. The van der Waals surface area contributed by atoms with Crippen molar-refractivity contribution in [2.75, 3.05) is 7.11 Å². The van der Waals surface area contributed by atoms with Crippen LogP contribution >= 0.6 is 15.9 Å². The third-order valence-electron chi connectivity index (χ3n) is 3.14. The number of nitro groups is 1. The van der Waals surface area contributed by atoms with E-state index in [2.05, 4.69) is 15.9 Å². The van der Waals surface area contributed by atoms with Gasteiger partial charge in [0.2, 0.25) is 0 Å². The summed E-state index contributed by atoms with van der Waals surface area (Å²) in [6.45, 7) is 0. The average Bonchev–Trinajstić information content (AvgIpc) is 2.47. The normalized spacial score (nSPS) is 12.0. The topological polar surface area (TPSA) is 72.6 Å². The summed E-state index contributed by atoms with van der Waals surface area (Å²) in [5.74, 6) is 0.696. The monoisotopic (exact) mass is 351 g/mol. The summed E-state index contributed by atoms with van der Waals surface area (Å²) in [6, 6.07) is 11.5. The Labute approximate surface area is 130 Å². The molecule has 0 saturated heterocycles. The van der Waals surface area contributed by atoms with Crippen LogP contribution in [0, 0.1) is 10.1 Å². The first-order valence-corrected chi connectivity index (χ1v) is 7.05. The molecule has 0 bridgehead atoms. The van der Waals surface area contributed by atoms with Crippen molar-refractivity contribution in [3.8, 4) is 5.75 Å². The molecule has 0 radical (unpaired) electrons. The standard InChI is InChI=1S/C15H14BrNO4/c1-21-15-7-4-11(9-13(15)16)14(18)8-10-2-5-12(6-3-10)17(19)20/h2-7,9,14,18H,8H2,1H3. The van der Waals surface area contributed by atoms with Gasteiger partial charge in [0, 0.05) is 18.6 Å². The van der Waals surface area contributed by atoms with E-state index in [0.29, 0.717) is 12.2 Å². The zero-order valence-corrected chi connectivity index (χ0v) is 12.9. The van der Waals surface area contributed by atoms with E-state index in [-0.39, 0.29) is 5.69 Å². The Hall–Kier alpha value is -1.92. The smallest absolute Gasteiger partial charge is 0.269 e. The van der Waals surface area contributed by atoms with Crippen LogP contribution in [-0.4, -0.2) is 17.1 Å². The van der Waals surface area contributed by atoms with Crippen molar-refractivity contribution in [1.82, 2.24) is 0 Å². The number of nitrogens with zero attached hydrogens (tertiary/aromatic N) is 1. The van der Waals surface area contributed by atoms with Crippen molar-refractivity contribution in [3.63, 3.8) is 0 Å². The molecule has 0 aliphatic heterocycles. The van der Waals surface area contributed by atoms with E-state index >= 15 is 0 Å². The fourth-order valence-electron chi connectivity index (χ4n) is 1.98. The maximum absolute atomic E-state index is 10.6. The molecule has 6 heteroatoms. The SMILES string of the molecule is COc1ccc(C(O)Cc2ccc([N+](=O)[O-])cc2)cc1Br. The van der Waals surface area contributed by atoms with E-state index < -0.39 is 11.0 Å². The summed E-state index contributed by atoms with van der Waals surface area (Å²) in [5, 5.41) is 20.8. The van der Waals surface area contributed by atoms with Crippen LogP contribution in [0.25, 0.3) is 0 Å². The largest absolute Gasteiger partial charge is 0.496 e. The molecule has 5 nitrogen and oxygen atoms in total. The van der Waals surface area contributed by atoms with Crippen LogP contribution < -0.4 is 4.74 Å². The Balaban J connectivity index is 2.12. The quantitative estimate of drug-likeness (QED) is 0.659. The predicted molar refractivity (Wildman–Crippen MR) is 82.5 cm³/mol. The van der Waals surface area contributed by atoms with Gasteiger partial charge >= 0.3 is 0 Å². The number of benzene rings is 2. The van der Waals surface area contributed by atoms with Gasteiger partial charge in [-0.2, -0.15) is 0 Å². The van der Waals surface area contributed by atoms with Crippen LogP contribution in [0.5, 0.6) is 5.75 Å². The molecule has 0 aromatic heterocycles. The molecule has 2 aromatic carbocycles. The lowest BCUT2D eigenvalue weighted by Gasteiger charge is -2.13. The zero-order valence-electron chi connectivity index (χ0n) is 11.3. The lowest BCUT2D eigenvalue weighted by atomic mass is 10.0. The number of aliphatic hydroxyl groups excluding tert-OH is 1. The highest BCUT2D eigenvalue weighted by Gasteiger charge is 2.12. The Kier molecular flexibility index (Phi) is 4.93. The maximum atomic E-state index is 10.6. The fourth-order valence-corrected chi connectivity index (χ4v) is 2.54. The highest BCUT2D eigenvalue weighted by Crippen LogP contribution is 2.29. The number of non-ortho nitro benzene ring substituents is 1. The Morgan fingerprint density at radius 2 is 1.95 bits per heavy atom. The molecule has 0 amide bonds. The van der Waals surface area contributed by atoms with Crippen molar-refractivity contribution in [3.05, 3.63) is 68.2 Å².